The quantitative estimate of drug-likeness (QED) is 0.174. The highest BCUT2D eigenvalue weighted by molar-refractivity contribution is 14.2. The molecule has 0 aliphatic carbocycles. The number of benzene rings is 1. The summed E-state index contributed by atoms with van der Waals surface area (Å²) in [5.74, 6) is 3.20. The Balaban J connectivity index is 1.80. The molecule has 0 spiro atoms. The molecule has 2 N–H and O–H groups in total. The first-order chi connectivity index (χ1) is 10.8. The molecule has 0 bridgehead atoms. The van der Waals surface area contributed by atoms with E-state index in [9.17, 15) is 0 Å². The zero-order valence-electron chi connectivity index (χ0n) is 11.8. The lowest BCUT2D eigenvalue weighted by atomic mass is 10.2. The van der Waals surface area contributed by atoms with Gasteiger partial charge in [0.2, 0.25) is 0 Å². The fraction of sp³-hybridized carbons (Fsp3) is 0.286. The Morgan fingerprint density at radius 1 is 1.23 bits per heavy atom. The summed E-state index contributed by atoms with van der Waals surface area (Å²) >= 11 is 5.38. The van der Waals surface area contributed by atoms with Crippen LogP contribution in [0.2, 0.25) is 0 Å². The second kappa shape index (κ2) is 7.60. The molecule has 1 aromatic heterocycles. The number of nitrogen functional groups attached to an aromatic ring is 1. The molecule has 0 atom stereocenters. The average Bonchev–Trinajstić information content (AvgIpc) is 2.92. The summed E-state index contributed by atoms with van der Waals surface area (Å²) in [7, 11) is 0. The van der Waals surface area contributed by atoms with Gasteiger partial charge in [0.15, 0.2) is 22.5 Å². The predicted molar refractivity (Wildman–Crippen MR) is 104 cm³/mol. The Bertz CT molecular complexity index is 680. The maximum Gasteiger partial charge on any atom is 0.191 e. The van der Waals surface area contributed by atoms with E-state index in [1.807, 2.05) is 6.07 Å². The monoisotopic (exact) mass is 445 g/mol. The predicted octanol–water partition coefficient (Wildman–Crippen LogP) is 4.19. The van der Waals surface area contributed by atoms with Crippen molar-refractivity contribution in [2.75, 3.05) is 20.4 Å². The van der Waals surface area contributed by atoms with Gasteiger partial charge in [-0.05, 0) is 17.7 Å². The average molecular weight is 445 g/mol. The molecule has 0 amide bonds. The van der Waals surface area contributed by atoms with Gasteiger partial charge in [0.25, 0.3) is 0 Å². The molecule has 22 heavy (non-hydrogen) atoms. The van der Waals surface area contributed by atoms with Crippen LogP contribution >= 0.6 is 45.7 Å². The van der Waals surface area contributed by atoms with E-state index >= 15 is 0 Å². The number of fused-ring (bicyclic) bond motifs is 1. The Kier molecular flexibility index (Phi) is 5.53. The second-order valence-corrected chi connectivity index (χ2v) is 8.24. The maximum absolute atomic E-state index is 6.05. The first kappa shape index (κ1) is 16.0. The molecule has 0 saturated carbocycles. The molecular weight excluding hydrogens is 429 g/mol. The van der Waals surface area contributed by atoms with E-state index in [2.05, 4.69) is 53.1 Å². The number of nitrogens with zero attached hydrogens (tertiary/aromatic N) is 4. The van der Waals surface area contributed by atoms with Crippen LogP contribution < -0.4 is 8.85 Å². The van der Waals surface area contributed by atoms with Gasteiger partial charge in [-0.25, -0.2) is 9.97 Å². The van der Waals surface area contributed by atoms with Crippen LogP contribution in [0.4, 0.5) is 17.3 Å². The minimum atomic E-state index is -0.471. The van der Waals surface area contributed by atoms with Gasteiger partial charge < -0.3 is 5.73 Å². The molecule has 2 aromatic rings. The third-order valence-electron chi connectivity index (χ3n) is 3.01. The minimum absolute atomic E-state index is 0.471. The number of nitrogens with two attached hydrogens (primary N) is 1. The Morgan fingerprint density at radius 3 is 2.82 bits per heavy atom. The Hall–Kier alpha value is -0.870. The van der Waals surface area contributed by atoms with Gasteiger partial charge in [0, 0.05) is 5.75 Å². The first-order valence-electron chi connectivity index (χ1n) is 6.86. The number of halogens is 1. The van der Waals surface area contributed by atoms with Crippen molar-refractivity contribution in [1.82, 2.24) is 9.97 Å². The van der Waals surface area contributed by atoms with Crippen LogP contribution in [-0.4, -0.2) is 21.5 Å². The van der Waals surface area contributed by atoms with Gasteiger partial charge >= 0.3 is 0 Å². The third kappa shape index (κ3) is 3.72. The van der Waals surface area contributed by atoms with E-state index in [0.29, 0.717) is 5.82 Å². The molecule has 3 rings (SSSR count). The summed E-state index contributed by atoms with van der Waals surface area (Å²) in [4.78, 5) is 9.03. The van der Waals surface area contributed by atoms with Crippen LogP contribution in [0.25, 0.3) is 0 Å². The van der Waals surface area contributed by atoms with Crippen LogP contribution in [0.1, 0.15) is 12.0 Å². The summed E-state index contributed by atoms with van der Waals surface area (Å²) in [5, 5.41) is 0.734. The van der Waals surface area contributed by atoms with Crippen LogP contribution in [0.5, 0.6) is 0 Å². The van der Waals surface area contributed by atoms with Crippen molar-refractivity contribution in [3.05, 3.63) is 35.9 Å². The second-order valence-electron chi connectivity index (χ2n) is 4.66. The van der Waals surface area contributed by atoms with E-state index in [4.69, 9.17) is 5.73 Å². The summed E-state index contributed by atoms with van der Waals surface area (Å²) in [6.07, 6.45) is 1.03. The molecule has 0 fully saturated rings. The molecule has 2 heterocycles. The van der Waals surface area contributed by atoms with Crippen molar-refractivity contribution in [2.24, 2.45) is 3.15 Å². The van der Waals surface area contributed by atoms with Crippen molar-refractivity contribution in [1.29, 1.82) is 0 Å². The number of thioether (sulfide) groups is 1. The van der Waals surface area contributed by atoms with E-state index in [1.165, 1.54) is 5.56 Å². The number of thiol groups is 1. The first-order valence-corrected chi connectivity index (χ1v) is 10.4. The normalized spacial score (nSPS) is 13.0. The SMILES string of the molecule is Nc1nc(SCCCS)nc2c1N=IN2Cc1ccccc1. The molecule has 0 saturated heterocycles. The molecule has 8 heteroatoms. The van der Waals surface area contributed by atoms with Crippen molar-refractivity contribution in [2.45, 2.75) is 18.1 Å². The molecule has 5 nitrogen and oxygen atoms in total. The van der Waals surface area contributed by atoms with Gasteiger partial charge in [-0.3, -0.25) is 3.11 Å². The van der Waals surface area contributed by atoms with Crippen molar-refractivity contribution in [3.63, 3.8) is 0 Å². The molecule has 0 radical (unpaired) electrons. The number of rotatable bonds is 6. The molecule has 1 aliphatic rings. The highest BCUT2D eigenvalue weighted by Gasteiger charge is 2.23. The van der Waals surface area contributed by atoms with E-state index in [1.54, 1.807) is 11.8 Å². The van der Waals surface area contributed by atoms with Gasteiger partial charge in [-0.15, -0.1) is 0 Å². The van der Waals surface area contributed by atoms with Crippen LogP contribution in [0.3, 0.4) is 0 Å². The number of anilines is 2. The van der Waals surface area contributed by atoms with Crippen LogP contribution in [0, 0.1) is 0 Å². The Morgan fingerprint density at radius 2 is 2.05 bits per heavy atom. The number of aromatic nitrogens is 2. The summed E-state index contributed by atoms with van der Waals surface area (Å²) in [6, 6.07) is 10.4. The topological polar surface area (TPSA) is 67.4 Å². The summed E-state index contributed by atoms with van der Waals surface area (Å²) in [5.41, 5.74) is 8.07. The summed E-state index contributed by atoms with van der Waals surface area (Å²) in [6.45, 7) is 0.821. The van der Waals surface area contributed by atoms with Crippen molar-refractivity contribution < 1.29 is 0 Å². The molecule has 0 unspecified atom stereocenters. The standard InChI is InChI=1S/C14H16IN5S2/c16-12-11-13(18-14(17-12)22-8-4-7-21)20(15-19-11)9-10-5-2-1-3-6-10/h1-3,5-6,21H,4,7-9H2,(H2,16,17,18). The zero-order valence-corrected chi connectivity index (χ0v) is 15.7. The maximum atomic E-state index is 6.05. The lowest BCUT2D eigenvalue weighted by molar-refractivity contribution is 0.942. The highest BCUT2D eigenvalue weighted by atomic mass is 127. The highest BCUT2D eigenvalue weighted by Crippen LogP contribution is 2.45. The largest absolute Gasteiger partial charge is 0.382 e. The van der Waals surface area contributed by atoms with Gasteiger partial charge in [-0.1, -0.05) is 42.1 Å². The number of hydrogen-bond donors (Lipinski definition) is 2. The van der Waals surface area contributed by atoms with E-state index in [0.717, 1.165) is 41.1 Å². The minimum Gasteiger partial charge on any atom is -0.382 e. The third-order valence-corrected chi connectivity index (χ3v) is 6.28. The smallest absolute Gasteiger partial charge is 0.191 e. The molecule has 1 aliphatic heterocycles. The zero-order chi connectivity index (χ0) is 15.4. The molecule has 116 valence electrons. The van der Waals surface area contributed by atoms with E-state index in [-0.39, 0.29) is 0 Å². The van der Waals surface area contributed by atoms with Gasteiger partial charge in [0.1, 0.15) is 21.3 Å². The van der Waals surface area contributed by atoms with Crippen LogP contribution in [0.15, 0.2) is 38.6 Å². The lowest BCUT2D eigenvalue weighted by Gasteiger charge is -2.15. The van der Waals surface area contributed by atoms with Crippen molar-refractivity contribution >= 4 is 63.0 Å². The number of hydrogen-bond acceptors (Lipinski definition) is 7. The van der Waals surface area contributed by atoms with Gasteiger partial charge in [0.05, 0.1) is 6.54 Å². The molecular formula is C14H16IN5S2. The summed E-state index contributed by atoms with van der Waals surface area (Å²) < 4.78 is 6.82. The van der Waals surface area contributed by atoms with Crippen molar-refractivity contribution in [3.8, 4) is 0 Å². The fourth-order valence-electron chi connectivity index (χ4n) is 1.95. The molecule has 1 aromatic carbocycles. The lowest BCUT2D eigenvalue weighted by Crippen LogP contribution is -2.11. The fourth-order valence-corrected chi connectivity index (χ4v) is 5.13. The van der Waals surface area contributed by atoms with Crippen LogP contribution in [-0.2, 0) is 6.54 Å². The van der Waals surface area contributed by atoms with E-state index < -0.39 is 21.3 Å². The Labute approximate surface area is 150 Å². The van der Waals surface area contributed by atoms with Gasteiger partial charge in [-0.2, -0.15) is 15.8 Å².